The molecule has 1 aliphatic carbocycles. The Hall–Kier alpha value is -0.600. The maximum atomic E-state index is 10.6. The molecule has 1 aromatic heterocycles. The minimum absolute atomic E-state index is 0.178. The third-order valence-corrected chi connectivity index (χ3v) is 4.27. The lowest BCUT2D eigenvalue weighted by atomic mass is 9.84. The van der Waals surface area contributed by atoms with Gasteiger partial charge in [0.25, 0.3) is 0 Å². The van der Waals surface area contributed by atoms with E-state index in [1.54, 1.807) is 11.3 Å². The lowest BCUT2D eigenvalue weighted by molar-refractivity contribution is 0.0259. The van der Waals surface area contributed by atoms with Gasteiger partial charge in [-0.05, 0) is 30.7 Å². The molecule has 1 aromatic rings. The van der Waals surface area contributed by atoms with Crippen LogP contribution in [0, 0.1) is 0 Å². The van der Waals surface area contributed by atoms with Crippen molar-refractivity contribution in [1.29, 1.82) is 0 Å². The minimum atomic E-state index is -0.531. The van der Waals surface area contributed by atoms with Crippen LogP contribution in [-0.2, 0) is 0 Å². The summed E-state index contributed by atoms with van der Waals surface area (Å²) in [6.45, 7) is 6.25. The summed E-state index contributed by atoms with van der Waals surface area (Å²) in [6, 6.07) is 4.17. The number of rotatable bonds is 3. The summed E-state index contributed by atoms with van der Waals surface area (Å²) < 4.78 is 0. The van der Waals surface area contributed by atoms with Crippen LogP contribution in [-0.4, -0.2) is 10.7 Å². The van der Waals surface area contributed by atoms with E-state index in [0.717, 1.165) is 25.7 Å². The molecule has 15 heavy (non-hydrogen) atoms. The van der Waals surface area contributed by atoms with Crippen molar-refractivity contribution in [2.75, 3.05) is 0 Å². The predicted molar refractivity (Wildman–Crippen MR) is 65.3 cm³/mol. The van der Waals surface area contributed by atoms with Gasteiger partial charge in [0.1, 0.15) is 0 Å². The van der Waals surface area contributed by atoms with Crippen LogP contribution in [0.25, 0.3) is 0 Å². The van der Waals surface area contributed by atoms with Crippen LogP contribution >= 0.6 is 11.3 Å². The van der Waals surface area contributed by atoms with Gasteiger partial charge in [0.05, 0.1) is 5.60 Å². The van der Waals surface area contributed by atoms with Crippen LogP contribution in [0.1, 0.15) is 43.4 Å². The van der Waals surface area contributed by atoms with Gasteiger partial charge in [0.15, 0.2) is 0 Å². The molecule has 0 aromatic carbocycles. The molecule has 0 saturated heterocycles. The fourth-order valence-electron chi connectivity index (χ4n) is 2.67. The molecule has 2 rings (SSSR count). The molecule has 1 heterocycles. The van der Waals surface area contributed by atoms with Crippen LogP contribution in [0.3, 0.4) is 0 Å². The summed E-state index contributed by atoms with van der Waals surface area (Å²) in [4.78, 5) is 1.27. The van der Waals surface area contributed by atoms with E-state index >= 15 is 0 Å². The number of thiophene rings is 1. The Kier molecular flexibility index (Phi) is 2.98. The summed E-state index contributed by atoms with van der Waals surface area (Å²) in [6.07, 6.45) is 3.77. The van der Waals surface area contributed by atoms with Gasteiger partial charge < -0.3 is 5.11 Å². The zero-order valence-corrected chi connectivity index (χ0v) is 10.0. The molecule has 2 atom stereocenters. The molecule has 82 valence electrons. The standard InChI is InChI=1S/C13H18OS/c1-3-7-13(14)8-6-10(2)12(13)11-5-4-9-15-11/h4-5,9,12,14H,2-3,6-8H2,1H3/t12-,13-/m1/s1. The van der Waals surface area contributed by atoms with Gasteiger partial charge in [-0.25, -0.2) is 0 Å². The van der Waals surface area contributed by atoms with Crippen LogP contribution in [0.4, 0.5) is 0 Å². The zero-order valence-electron chi connectivity index (χ0n) is 9.20. The van der Waals surface area contributed by atoms with E-state index in [1.807, 2.05) is 0 Å². The van der Waals surface area contributed by atoms with Crippen molar-refractivity contribution in [2.24, 2.45) is 0 Å². The summed E-state index contributed by atoms with van der Waals surface area (Å²) >= 11 is 1.73. The zero-order chi connectivity index (χ0) is 10.9. The molecule has 1 nitrogen and oxygen atoms in total. The highest BCUT2D eigenvalue weighted by Gasteiger charge is 2.43. The van der Waals surface area contributed by atoms with E-state index in [-0.39, 0.29) is 5.92 Å². The first-order valence-electron chi connectivity index (χ1n) is 5.61. The van der Waals surface area contributed by atoms with E-state index in [1.165, 1.54) is 10.5 Å². The Morgan fingerprint density at radius 1 is 1.67 bits per heavy atom. The summed E-state index contributed by atoms with van der Waals surface area (Å²) in [5, 5.41) is 12.7. The lowest BCUT2D eigenvalue weighted by Gasteiger charge is -2.29. The molecule has 0 spiro atoms. The Balaban J connectivity index is 2.30. The molecule has 1 saturated carbocycles. The summed E-state index contributed by atoms with van der Waals surface area (Å²) in [5.41, 5.74) is 0.671. The second kappa shape index (κ2) is 4.11. The first-order valence-corrected chi connectivity index (χ1v) is 6.49. The highest BCUT2D eigenvalue weighted by Crippen LogP contribution is 2.49. The predicted octanol–water partition coefficient (Wildman–Crippen LogP) is 3.71. The fraction of sp³-hybridized carbons (Fsp3) is 0.538. The number of aliphatic hydroxyl groups is 1. The fourth-order valence-corrected chi connectivity index (χ4v) is 3.66. The average Bonchev–Trinajstić information content (AvgIpc) is 2.76. The van der Waals surface area contributed by atoms with E-state index in [0.29, 0.717) is 0 Å². The van der Waals surface area contributed by atoms with Gasteiger partial charge in [-0.15, -0.1) is 11.3 Å². The van der Waals surface area contributed by atoms with Gasteiger partial charge in [-0.1, -0.05) is 31.6 Å². The van der Waals surface area contributed by atoms with Crippen molar-refractivity contribution >= 4 is 11.3 Å². The Morgan fingerprint density at radius 2 is 2.47 bits per heavy atom. The van der Waals surface area contributed by atoms with Crippen molar-refractivity contribution < 1.29 is 5.11 Å². The lowest BCUT2D eigenvalue weighted by Crippen LogP contribution is -2.31. The van der Waals surface area contributed by atoms with Gasteiger partial charge in [0.2, 0.25) is 0 Å². The molecule has 0 radical (unpaired) electrons. The Morgan fingerprint density at radius 3 is 3.07 bits per heavy atom. The van der Waals surface area contributed by atoms with Crippen molar-refractivity contribution in [3.8, 4) is 0 Å². The summed E-state index contributed by atoms with van der Waals surface area (Å²) in [7, 11) is 0. The smallest absolute Gasteiger partial charge is 0.0763 e. The normalized spacial score (nSPS) is 31.1. The van der Waals surface area contributed by atoms with Gasteiger partial charge >= 0.3 is 0 Å². The molecular weight excluding hydrogens is 204 g/mol. The second-order valence-electron chi connectivity index (χ2n) is 4.46. The Labute approximate surface area is 95.5 Å². The van der Waals surface area contributed by atoms with Gasteiger partial charge in [0, 0.05) is 10.8 Å². The van der Waals surface area contributed by atoms with Crippen LogP contribution in [0.15, 0.2) is 29.7 Å². The Bertz CT molecular complexity index is 341. The summed E-state index contributed by atoms with van der Waals surface area (Å²) in [5.74, 6) is 0.178. The molecule has 0 amide bonds. The molecule has 2 heteroatoms. The maximum absolute atomic E-state index is 10.6. The minimum Gasteiger partial charge on any atom is -0.389 e. The quantitative estimate of drug-likeness (QED) is 0.773. The van der Waals surface area contributed by atoms with Crippen LogP contribution in [0.5, 0.6) is 0 Å². The third kappa shape index (κ3) is 1.88. The average molecular weight is 222 g/mol. The number of hydrogen-bond donors (Lipinski definition) is 1. The molecular formula is C13H18OS. The SMILES string of the molecule is C=C1CC[C@](O)(CCC)[C@H]1c1cccs1. The van der Waals surface area contributed by atoms with E-state index in [4.69, 9.17) is 0 Å². The van der Waals surface area contributed by atoms with Crippen LogP contribution in [0.2, 0.25) is 0 Å². The molecule has 1 aliphatic rings. The monoisotopic (exact) mass is 222 g/mol. The highest BCUT2D eigenvalue weighted by atomic mass is 32.1. The molecule has 0 bridgehead atoms. The first-order chi connectivity index (χ1) is 7.17. The van der Waals surface area contributed by atoms with Crippen LogP contribution < -0.4 is 0 Å². The van der Waals surface area contributed by atoms with E-state index in [2.05, 4.69) is 31.0 Å². The third-order valence-electron chi connectivity index (χ3n) is 3.34. The molecule has 1 N–H and O–H groups in total. The van der Waals surface area contributed by atoms with E-state index < -0.39 is 5.60 Å². The van der Waals surface area contributed by atoms with Crippen molar-refractivity contribution in [2.45, 2.75) is 44.1 Å². The van der Waals surface area contributed by atoms with Gasteiger partial charge in [-0.2, -0.15) is 0 Å². The largest absolute Gasteiger partial charge is 0.389 e. The van der Waals surface area contributed by atoms with Crippen molar-refractivity contribution in [1.82, 2.24) is 0 Å². The second-order valence-corrected chi connectivity index (χ2v) is 5.44. The van der Waals surface area contributed by atoms with Crippen molar-refractivity contribution in [3.63, 3.8) is 0 Å². The van der Waals surface area contributed by atoms with E-state index in [9.17, 15) is 5.11 Å². The van der Waals surface area contributed by atoms with Gasteiger partial charge in [-0.3, -0.25) is 0 Å². The highest BCUT2D eigenvalue weighted by molar-refractivity contribution is 7.10. The molecule has 0 unspecified atom stereocenters. The molecule has 1 fully saturated rings. The maximum Gasteiger partial charge on any atom is 0.0763 e. The number of hydrogen-bond acceptors (Lipinski definition) is 2. The topological polar surface area (TPSA) is 20.2 Å². The first kappa shape index (κ1) is 10.9. The molecule has 0 aliphatic heterocycles. The van der Waals surface area contributed by atoms with Crippen molar-refractivity contribution in [3.05, 3.63) is 34.5 Å².